The summed E-state index contributed by atoms with van der Waals surface area (Å²) >= 11 is 0. The van der Waals surface area contributed by atoms with Gasteiger partial charge in [0, 0.05) is 57.8 Å². The number of hydrogen-bond acceptors (Lipinski definition) is 6. The fourth-order valence-electron chi connectivity index (χ4n) is 3.80. The van der Waals surface area contributed by atoms with E-state index in [9.17, 15) is 4.79 Å². The summed E-state index contributed by atoms with van der Waals surface area (Å²) in [5.74, 6) is 1.72. The molecule has 28 heavy (non-hydrogen) atoms. The van der Waals surface area contributed by atoms with Crippen molar-refractivity contribution in [1.82, 2.24) is 10.2 Å². The zero-order valence-electron chi connectivity index (χ0n) is 16.6. The number of hydrogen-bond donors (Lipinski definition) is 1. The third kappa shape index (κ3) is 4.59. The number of amides is 1. The molecule has 1 amide bonds. The van der Waals surface area contributed by atoms with Gasteiger partial charge in [-0.3, -0.25) is 4.79 Å². The molecular weight excluding hydrogens is 360 g/mol. The van der Waals surface area contributed by atoms with Gasteiger partial charge in [-0.15, -0.1) is 0 Å². The molecule has 1 saturated heterocycles. The van der Waals surface area contributed by atoms with Crippen LogP contribution in [0, 0.1) is 0 Å². The molecule has 154 valence electrons. The molecule has 2 aliphatic heterocycles. The summed E-state index contributed by atoms with van der Waals surface area (Å²) in [4.78, 5) is 15.0. The highest BCUT2D eigenvalue weighted by Gasteiger charge is 2.37. The van der Waals surface area contributed by atoms with Gasteiger partial charge in [0.05, 0.1) is 19.8 Å². The lowest BCUT2D eigenvalue weighted by Crippen LogP contribution is -2.49. The molecule has 2 heterocycles. The quantitative estimate of drug-likeness (QED) is 0.645. The number of morpholine rings is 1. The van der Waals surface area contributed by atoms with E-state index < -0.39 is 0 Å². The maximum absolute atomic E-state index is 13.0. The second kappa shape index (κ2) is 9.11. The van der Waals surface area contributed by atoms with Crippen LogP contribution in [0.15, 0.2) is 12.1 Å². The maximum Gasteiger partial charge on any atom is 0.253 e. The van der Waals surface area contributed by atoms with E-state index in [0.29, 0.717) is 45.6 Å². The molecule has 1 N–H and O–H groups in total. The van der Waals surface area contributed by atoms with Crippen LogP contribution in [0.25, 0.3) is 0 Å². The van der Waals surface area contributed by atoms with Gasteiger partial charge in [0.25, 0.3) is 5.91 Å². The molecule has 1 aliphatic carbocycles. The number of methoxy groups -OCH3 is 1. The zero-order valence-corrected chi connectivity index (χ0v) is 16.6. The summed E-state index contributed by atoms with van der Waals surface area (Å²) in [5.41, 5.74) is 2.26. The second-order valence-electron chi connectivity index (χ2n) is 7.64. The van der Waals surface area contributed by atoms with Gasteiger partial charge in [0.2, 0.25) is 0 Å². The minimum absolute atomic E-state index is 0.0917. The Bertz CT molecular complexity index is 686. The lowest BCUT2D eigenvalue weighted by molar-refractivity contribution is -0.146. The summed E-state index contributed by atoms with van der Waals surface area (Å²) in [6.45, 7) is 4.51. The average molecular weight is 390 g/mol. The van der Waals surface area contributed by atoms with Crippen LogP contribution in [-0.2, 0) is 27.2 Å². The predicted molar refractivity (Wildman–Crippen MR) is 104 cm³/mol. The monoisotopic (exact) mass is 390 g/mol. The summed E-state index contributed by atoms with van der Waals surface area (Å²) in [7, 11) is 1.69. The molecule has 2 fully saturated rings. The Morgan fingerprint density at radius 3 is 2.93 bits per heavy atom. The number of ether oxygens (including phenoxy) is 4. The van der Waals surface area contributed by atoms with E-state index in [2.05, 4.69) is 11.4 Å². The van der Waals surface area contributed by atoms with Crippen molar-refractivity contribution in [3.05, 3.63) is 23.3 Å². The zero-order chi connectivity index (χ0) is 19.3. The summed E-state index contributed by atoms with van der Waals surface area (Å²) in [5, 5.41) is 3.25. The fraction of sp³-hybridized carbons (Fsp3) is 0.667. The van der Waals surface area contributed by atoms with Crippen LogP contribution >= 0.6 is 0 Å². The van der Waals surface area contributed by atoms with Crippen LogP contribution in [0.5, 0.6) is 11.5 Å². The number of carbonyl (C=O) groups is 1. The normalized spacial score (nSPS) is 21.1. The van der Waals surface area contributed by atoms with Crippen molar-refractivity contribution >= 4 is 5.91 Å². The van der Waals surface area contributed by atoms with Crippen molar-refractivity contribution < 1.29 is 23.7 Å². The first-order chi connectivity index (χ1) is 13.8. The number of carbonyl (C=O) groups excluding carboxylic acids is 1. The van der Waals surface area contributed by atoms with Crippen molar-refractivity contribution in [3.63, 3.8) is 0 Å². The molecule has 0 bridgehead atoms. The van der Waals surface area contributed by atoms with Gasteiger partial charge in [-0.2, -0.15) is 0 Å². The molecule has 7 nitrogen and oxygen atoms in total. The predicted octanol–water partition coefficient (Wildman–Crippen LogP) is 1.52. The van der Waals surface area contributed by atoms with E-state index in [-0.39, 0.29) is 12.0 Å². The maximum atomic E-state index is 13.0. The van der Waals surface area contributed by atoms with Crippen molar-refractivity contribution in [1.29, 1.82) is 0 Å². The minimum Gasteiger partial charge on any atom is -0.490 e. The van der Waals surface area contributed by atoms with E-state index in [0.717, 1.165) is 54.9 Å². The Morgan fingerprint density at radius 2 is 2.18 bits per heavy atom. The van der Waals surface area contributed by atoms with Crippen LogP contribution in [0.1, 0.15) is 30.4 Å². The molecule has 1 atom stereocenters. The van der Waals surface area contributed by atoms with Gasteiger partial charge in [-0.1, -0.05) is 0 Å². The lowest BCUT2D eigenvalue weighted by atomic mass is 10.1. The first-order valence-electron chi connectivity index (χ1n) is 10.3. The SMILES string of the molecule is COCCCOc1cc(CN(C(=O)[C@H]2CNCCO2)C2CC2)cc2c1OCC2. The molecule has 7 heteroatoms. The largest absolute Gasteiger partial charge is 0.490 e. The van der Waals surface area contributed by atoms with Crippen LogP contribution in [0.2, 0.25) is 0 Å². The van der Waals surface area contributed by atoms with E-state index >= 15 is 0 Å². The average Bonchev–Trinajstić information content (AvgIpc) is 3.46. The third-order valence-electron chi connectivity index (χ3n) is 5.39. The Labute approximate surface area is 166 Å². The molecule has 1 aromatic carbocycles. The Hall–Kier alpha value is -1.83. The molecule has 1 saturated carbocycles. The first kappa shape index (κ1) is 19.5. The van der Waals surface area contributed by atoms with Gasteiger partial charge in [-0.25, -0.2) is 0 Å². The Morgan fingerprint density at radius 1 is 1.29 bits per heavy atom. The molecule has 0 aromatic heterocycles. The van der Waals surface area contributed by atoms with Crippen LogP contribution in [-0.4, -0.2) is 69.6 Å². The molecule has 0 radical (unpaired) electrons. The van der Waals surface area contributed by atoms with Gasteiger partial charge in [0.1, 0.15) is 6.10 Å². The van der Waals surface area contributed by atoms with Gasteiger partial charge >= 0.3 is 0 Å². The highest BCUT2D eigenvalue weighted by Crippen LogP contribution is 2.38. The highest BCUT2D eigenvalue weighted by atomic mass is 16.5. The number of fused-ring (bicyclic) bond motifs is 1. The van der Waals surface area contributed by atoms with Crippen LogP contribution in [0.3, 0.4) is 0 Å². The van der Waals surface area contributed by atoms with Crippen molar-refractivity contribution in [2.24, 2.45) is 0 Å². The molecule has 0 unspecified atom stereocenters. The van der Waals surface area contributed by atoms with Gasteiger partial charge in [-0.05, 0) is 30.5 Å². The topological polar surface area (TPSA) is 69.3 Å². The molecule has 1 aromatic rings. The number of benzene rings is 1. The smallest absolute Gasteiger partial charge is 0.253 e. The summed E-state index contributed by atoms with van der Waals surface area (Å²) in [6.07, 6.45) is 3.47. The molecule has 3 aliphatic rings. The number of nitrogens with zero attached hydrogens (tertiary/aromatic N) is 1. The molecular formula is C21H30N2O5. The standard InChI is InChI=1S/C21H30N2O5/c1-25-7-2-8-26-18-12-15(11-16-5-9-28-20(16)18)14-23(17-3-4-17)21(24)19-13-22-6-10-27-19/h11-12,17,19,22H,2-10,13-14H2,1H3/t19-/m1/s1. The fourth-order valence-corrected chi connectivity index (χ4v) is 3.80. The van der Waals surface area contributed by atoms with Crippen molar-refractivity contribution in [3.8, 4) is 11.5 Å². The van der Waals surface area contributed by atoms with E-state index in [1.54, 1.807) is 7.11 Å². The summed E-state index contributed by atoms with van der Waals surface area (Å²) in [6, 6.07) is 4.51. The first-order valence-corrected chi connectivity index (χ1v) is 10.3. The van der Waals surface area contributed by atoms with Crippen molar-refractivity contribution in [2.45, 2.75) is 44.4 Å². The number of nitrogens with one attached hydrogen (secondary N) is 1. The van der Waals surface area contributed by atoms with Gasteiger partial charge < -0.3 is 29.2 Å². The highest BCUT2D eigenvalue weighted by molar-refractivity contribution is 5.82. The van der Waals surface area contributed by atoms with Crippen molar-refractivity contribution in [2.75, 3.05) is 46.6 Å². The van der Waals surface area contributed by atoms with Gasteiger partial charge in [0.15, 0.2) is 11.5 Å². The second-order valence-corrected chi connectivity index (χ2v) is 7.64. The Kier molecular flexibility index (Phi) is 6.34. The summed E-state index contributed by atoms with van der Waals surface area (Å²) < 4.78 is 22.6. The van der Waals surface area contributed by atoms with E-state index in [4.69, 9.17) is 18.9 Å². The van der Waals surface area contributed by atoms with Crippen LogP contribution < -0.4 is 14.8 Å². The minimum atomic E-state index is -0.378. The molecule has 0 spiro atoms. The molecule has 4 rings (SSSR count). The van der Waals surface area contributed by atoms with Crippen LogP contribution in [0.4, 0.5) is 0 Å². The van der Waals surface area contributed by atoms with E-state index in [1.807, 2.05) is 11.0 Å². The number of rotatable bonds is 9. The lowest BCUT2D eigenvalue weighted by Gasteiger charge is -2.30. The third-order valence-corrected chi connectivity index (χ3v) is 5.39. The van der Waals surface area contributed by atoms with E-state index in [1.165, 1.54) is 0 Å². The Balaban J connectivity index is 1.48.